The van der Waals surface area contributed by atoms with Crippen LogP contribution >= 0.6 is 0 Å². The molecule has 0 aliphatic heterocycles. The Morgan fingerprint density at radius 2 is 1.93 bits per heavy atom. The summed E-state index contributed by atoms with van der Waals surface area (Å²) in [5.41, 5.74) is 3.38. The van der Waals surface area contributed by atoms with Crippen molar-refractivity contribution in [3.63, 3.8) is 0 Å². The summed E-state index contributed by atoms with van der Waals surface area (Å²) in [5.74, 6) is 0.806. The molecule has 2 heterocycles. The number of aryl methyl sites for hydroxylation is 1. The molecule has 0 radical (unpaired) electrons. The highest BCUT2D eigenvalue weighted by atomic mass is 16.1. The van der Waals surface area contributed by atoms with Gasteiger partial charge in [-0.05, 0) is 37.1 Å². The van der Waals surface area contributed by atoms with Crippen molar-refractivity contribution in [2.45, 2.75) is 27.3 Å². The summed E-state index contributed by atoms with van der Waals surface area (Å²) in [6.45, 7) is 6.99. The van der Waals surface area contributed by atoms with E-state index in [1.54, 1.807) is 0 Å². The van der Waals surface area contributed by atoms with Crippen LogP contribution < -0.4 is 5.32 Å². The second-order valence-electron chi connectivity index (χ2n) is 7.30. The summed E-state index contributed by atoms with van der Waals surface area (Å²) < 4.78 is 1.89. The van der Waals surface area contributed by atoms with Crippen molar-refractivity contribution in [3.05, 3.63) is 65.7 Å². The quantitative estimate of drug-likeness (QED) is 0.570. The molecule has 0 atom stereocenters. The molecule has 4 rings (SSSR count). The predicted molar refractivity (Wildman–Crippen MR) is 109 cm³/mol. The first-order chi connectivity index (χ1) is 13.0. The number of aromatic nitrogens is 3. The highest BCUT2D eigenvalue weighted by Crippen LogP contribution is 2.27. The topological polar surface area (TPSA) is 59.8 Å². The Balaban J connectivity index is 1.81. The summed E-state index contributed by atoms with van der Waals surface area (Å²) in [5, 5.41) is 9.52. The molecule has 2 aromatic carbocycles. The van der Waals surface area contributed by atoms with E-state index in [0.717, 1.165) is 34.0 Å². The van der Waals surface area contributed by atoms with Crippen molar-refractivity contribution < 1.29 is 4.79 Å². The molecular formula is C22H22N4O. The van der Waals surface area contributed by atoms with Gasteiger partial charge in [0.05, 0.1) is 10.9 Å². The van der Waals surface area contributed by atoms with E-state index in [0.29, 0.717) is 17.3 Å². The molecule has 5 heteroatoms. The van der Waals surface area contributed by atoms with E-state index in [1.165, 1.54) is 0 Å². The van der Waals surface area contributed by atoms with Crippen LogP contribution in [0.15, 0.2) is 54.6 Å². The first kappa shape index (κ1) is 17.2. The number of nitrogens with zero attached hydrogens (tertiary/aromatic N) is 3. The molecule has 0 bridgehead atoms. The number of benzene rings is 2. The van der Waals surface area contributed by atoms with Crippen LogP contribution in [0.2, 0.25) is 0 Å². The van der Waals surface area contributed by atoms with Gasteiger partial charge in [-0.15, -0.1) is 0 Å². The van der Waals surface area contributed by atoms with Gasteiger partial charge in [0.25, 0.3) is 5.91 Å². The van der Waals surface area contributed by atoms with Gasteiger partial charge >= 0.3 is 0 Å². The van der Waals surface area contributed by atoms with Gasteiger partial charge in [0, 0.05) is 17.5 Å². The molecule has 27 heavy (non-hydrogen) atoms. The van der Waals surface area contributed by atoms with E-state index in [9.17, 15) is 4.79 Å². The van der Waals surface area contributed by atoms with Crippen molar-refractivity contribution in [2.24, 2.45) is 5.92 Å². The van der Waals surface area contributed by atoms with Gasteiger partial charge in [0.1, 0.15) is 0 Å². The number of fused-ring (bicyclic) bond motifs is 2. The van der Waals surface area contributed by atoms with E-state index in [1.807, 2.05) is 66.2 Å². The highest BCUT2D eigenvalue weighted by Gasteiger charge is 2.17. The lowest BCUT2D eigenvalue weighted by atomic mass is 10.1. The van der Waals surface area contributed by atoms with Crippen LogP contribution in [0, 0.1) is 12.8 Å². The van der Waals surface area contributed by atoms with Gasteiger partial charge in [0.15, 0.2) is 11.5 Å². The first-order valence-electron chi connectivity index (χ1n) is 9.15. The minimum absolute atomic E-state index is 0.164. The maximum absolute atomic E-state index is 12.7. The summed E-state index contributed by atoms with van der Waals surface area (Å²) >= 11 is 0. The molecule has 0 spiro atoms. The molecule has 0 saturated carbocycles. The normalized spacial score (nSPS) is 11.4. The summed E-state index contributed by atoms with van der Waals surface area (Å²) in [6.07, 6.45) is 0. The Kier molecular flexibility index (Phi) is 4.36. The Labute approximate surface area is 158 Å². The fraction of sp³-hybridized carbons (Fsp3) is 0.227. The van der Waals surface area contributed by atoms with Crippen molar-refractivity contribution in [2.75, 3.05) is 5.32 Å². The van der Waals surface area contributed by atoms with Crippen LogP contribution in [0.5, 0.6) is 0 Å². The zero-order valence-corrected chi connectivity index (χ0v) is 15.7. The maximum atomic E-state index is 12.7. The average Bonchev–Trinajstić information content (AvgIpc) is 2.95. The second-order valence-corrected chi connectivity index (χ2v) is 7.30. The standard InChI is InChI=1S/C22H22N4O/c1-14(2)13-26-21-18(12-16-8-4-5-10-19(16)23-21)20(25-26)24-22(27)17-9-6-7-15(3)11-17/h4-12,14H,13H2,1-3H3,(H,24,25,27). The third-order valence-corrected chi connectivity index (χ3v) is 4.47. The van der Waals surface area contributed by atoms with Crippen LogP contribution in [0.1, 0.15) is 29.8 Å². The molecule has 136 valence electrons. The number of rotatable bonds is 4. The van der Waals surface area contributed by atoms with Crippen LogP contribution in [0.4, 0.5) is 5.82 Å². The molecule has 1 N–H and O–H groups in total. The second kappa shape index (κ2) is 6.83. The zero-order valence-electron chi connectivity index (χ0n) is 15.7. The van der Waals surface area contributed by atoms with E-state index < -0.39 is 0 Å². The molecule has 0 unspecified atom stereocenters. The van der Waals surface area contributed by atoms with Crippen LogP contribution in [-0.2, 0) is 6.54 Å². The lowest BCUT2D eigenvalue weighted by molar-refractivity contribution is 0.102. The Morgan fingerprint density at radius 1 is 1.11 bits per heavy atom. The van der Waals surface area contributed by atoms with E-state index >= 15 is 0 Å². The monoisotopic (exact) mass is 358 g/mol. The fourth-order valence-corrected chi connectivity index (χ4v) is 3.23. The molecule has 0 fully saturated rings. The van der Waals surface area contributed by atoms with Gasteiger partial charge < -0.3 is 5.32 Å². The summed E-state index contributed by atoms with van der Waals surface area (Å²) in [6, 6.07) is 17.6. The number of carbonyl (C=O) groups excluding carboxylic acids is 1. The van der Waals surface area contributed by atoms with Crippen molar-refractivity contribution in [1.29, 1.82) is 0 Å². The Bertz CT molecular complexity index is 1140. The first-order valence-corrected chi connectivity index (χ1v) is 9.15. The van der Waals surface area contributed by atoms with Crippen molar-refractivity contribution >= 4 is 33.7 Å². The Morgan fingerprint density at radius 3 is 2.70 bits per heavy atom. The van der Waals surface area contributed by atoms with Crippen molar-refractivity contribution in [3.8, 4) is 0 Å². The van der Waals surface area contributed by atoms with Crippen LogP contribution in [-0.4, -0.2) is 20.7 Å². The van der Waals surface area contributed by atoms with Crippen LogP contribution in [0.25, 0.3) is 21.9 Å². The third kappa shape index (κ3) is 3.40. The number of carbonyl (C=O) groups is 1. The average molecular weight is 358 g/mol. The lowest BCUT2D eigenvalue weighted by Crippen LogP contribution is -2.13. The minimum Gasteiger partial charge on any atom is -0.305 e. The molecular weight excluding hydrogens is 336 g/mol. The van der Waals surface area contributed by atoms with Gasteiger partial charge in [-0.3, -0.25) is 4.79 Å². The molecule has 4 aromatic rings. The van der Waals surface area contributed by atoms with Gasteiger partial charge in [-0.25, -0.2) is 9.67 Å². The number of amides is 1. The smallest absolute Gasteiger partial charge is 0.256 e. The SMILES string of the molecule is Cc1cccc(C(=O)Nc2nn(CC(C)C)c3nc4ccccc4cc23)c1. The third-order valence-electron chi connectivity index (χ3n) is 4.47. The fourth-order valence-electron chi connectivity index (χ4n) is 3.23. The van der Waals surface area contributed by atoms with Gasteiger partial charge in [-0.2, -0.15) is 5.10 Å². The highest BCUT2D eigenvalue weighted by molar-refractivity contribution is 6.08. The number of hydrogen-bond acceptors (Lipinski definition) is 3. The van der Waals surface area contributed by atoms with E-state index in [4.69, 9.17) is 4.98 Å². The molecule has 0 aliphatic carbocycles. The number of pyridine rings is 1. The molecule has 2 aromatic heterocycles. The number of para-hydroxylation sites is 1. The number of anilines is 1. The minimum atomic E-state index is -0.164. The maximum Gasteiger partial charge on any atom is 0.256 e. The van der Waals surface area contributed by atoms with E-state index in [-0.39, 0.29) is 5.91 Å². The molecule has 5 nitrogen and oxygen atoms in total. The van der Waals surface area contributed by atoms with Crippen molar-refractivity contribution in [1.82, 2.24) is 14.8 Å². The van der Waals surface area contributed by atoms with Crippen LogP contribution in [0.3, 0.4) is 0 Å². The van der Waals surface area contributed by atoms with Gasteiger partial charge in [0.2, 0.25) is 0 Å². The lowest BCUT2D eigenvalue weighted by Gasteiger charge is -2.06. The number of nitrogens with one attached hydrogen (secondary N) is 1. The largest absolute Gasteiger partial charge is 0.305 e. The number of hydrogen-bond donors (Lipinski definition) is 1. The summed E-state index contributed by atoms with van der Waals surface area (Å²) in [4.78, 5) is 17.5. The van der Waals surface area contributed by atoms with Gasteiger partial charge in [-0.1, -0.05) is 49.7 Å². The predicted octanol–water partition coefficient (Wildman–Crippen LogP) is 4.80. The molecule has 0 aliphatic rings. The molecule has 1 amide bonds. The Hall–Kier alpha value is -3.21. The summed E-state index contributed by atoms with van der Waals surface area (Å²) in [7, 11) is 0. The zero-order chi connectivity index (χ0) is 19.0. The molecule has 0 saturated heterocycles. The van der Waals surface area contributed by atoms with E-state index in [2.05, 4.69) is 24.3 Å².